The number of methoxy groups -OCH3 is 1. The summed E-state index contributed by atoms with van der Waals surface area (Å²) in [5.74, 6) is 0.635. The lowest BCUT2D eigenvalue weighted by atomic mass is 10.2. The van der Waals surface area contributed by atoms with Gasteiger partial charge in [0.25, 0.3) is 0 Å². The van der Waals surface area contributed by atoms with Crippen molar-refractivity contribution < 1.29 is 4.74 Å². The van der Waals surface area contributed by atoms with E-state index in [-0.39, 0.29) is 0 Å². The molecule has 1 N–H and O–H groups in total. The zero-order valence-electron chi connectivity index (χ0n) is 11.6. The summed E-state index contributed by atoms with van der Waals surface area (Å²) in [4.78, 5) is 8.42. The third-order valence-electron chi connectivity index (χ3n) is 2.85. The lowest BCUT2D eigenvalue weighted by Crippen LogP contribution is -2.23. The van der Waals surface area contributed by atoms with Gasteiger partial charge in [0.1, 0.15) is 0 Å². The number of ether oxygens (including phenoxy) is 1. The van der Waals surface area contributed by atoms with Gasteiger partial charge in [0, 0.05) is 31.0 Å². The largest absolute Gasteiger partial charge is 0.481 e. The Morgan fingerprint density at radius 1 is 1.32 bits per heavy atom. The molecule has 0 saturated heterocycles. The molecule has 2 heterocycles. The molecule has 0 fully saturated rings. The van der Waals surface area contributed by atoms with E-state index in [1.54, 1.807) is 7.11 Å². The van der Waals surface area contributed by atoms with Crippen molar-refractivity contribution in [3.05, 3.63) is 42.1 Å². The molecule has 0 saturated carbocycles. The maximum atomic E-state index is 5.05. The number of pyridine rings is 1. The Morgan fingerprint density at radius 2 is 2.16 bits per heavy atom. The highest BCUT2D eigenvalue weighted by Gasteiger charge is 2.04. The average Bonchev–Trinajstić information content (AvgIpc) is 2.84. The van der Waals surface area contributed by atoms with Gasteiger partial charge in [0.15, 0.2) is 0 Å². The van der Waals surface area contributed by atoms with E-state index in [1.165, 1.54) is 5.69 Å². The molecule has 0 aliphatic carbocycles. The highest BCUT2D eigenvalue weighted by Crippen LogP contribution is 2.09. The van der Waals surface area contributed by atoms with Crippen molar-refractivity contribution in [1.82, 2.24) is 19.9 Å². The molecule has 2 rings (SSSR count). The normalized spacial score (nSPS) is 10.9. The van der Waals surface area contributed by atoms with Crippen LogP contribution in [0.2, 0.25) is 0 Å². The van der Waals surface area contributed by atoms with Crippen molar-refractivity contribution in [3.8, 4) is 5.88 Å². The molecule has 2 aromatic heterocycles. The summed E-state index contributed by atoms with van der Waals surface area (Å²) in [6.45, 7) is 5.86. The van der Waals surface area contributed by atoms with Crippen molar-refractivity contribution in [2.75, 3.05) is 7.11 Å². The predicted octanol–water partition coefficient (Wildman–Crippen LogP) is 1.83. The van der Waals surface area contributed by atoms with Gasteiger partial charge in [-0.3, -0.25) is 0 Å². The molecule has 0 aliphatic rings. The number of rotatable bonds is 6. The number of aromatic nitrogens is 3. The van der Waals surface area contributed by atoms with E-state index in [0.717, 1.165) is 18.7 Å². The molecular weight excluding hydrogens is 240 g/mol. The Morgan fingerprint density at radius 3 is 2.79 bits per heavy atom. The zero-order valence-corrected chi connectivity index (χ0v) is 11.6. The highest BCUT2D eigenvalue weighted by atomic mass is 16.5. The Bertz CT molecular complexity index is 504. The molecule has 102 valence electrons. The van der Waals surface area contributed by atoms with Crippen molar-refractivity contribution in [1.29, 1.82) is 0 Å². The topological polar surface area (TPSA) is 52.0 Å². The Balaban J connectivity index is 2.03. The first-order valence-corrected chi connectivity index (χ1v) is 6.40. The van der Waals surface area contributed by atoms with Crippen LogP contribution in [0.25, 0.3) is 0 Å². The number of nitrogens with one attached hydrogen (secondary N) is 1. The number of imidazole rings is 1. The van der Waals surface area contributed by atoms with Crippen LogP contribution in [0, 0.1) is 0 Å². The van der Waals surface area contributed by atoms with Gasteiger partial charge in [-0.05, 0) is 5.56 Å². The maximum absolute atomic E-state index is 5.05. The number of nitrogens with zero attached hydrogens (tertiary/aromatic N) is 3. The molecule has 0 unspecified atom stereocenters. The van der Waals surface area contributed by atoms with Crippen LogP contribution in [0.4, 0.5) is 0 Å². The van der Waals surface area contributed by atoms with E-state index in [9.17, 15) is 0 Å². The third-order valence-corrected chi connectivity index (χ3v) is 2.85. The van der Waals surface area contributed by atoms with Gasteiger partial charge in [-0.1, -0.05) is 19.9 Å². The Kier molecular flexibility index (Phi) is 4.52. The van der Waals surface area contributed by atoms with Gasteiger partial charge in [0.2, 0.25) is 5.88 Å². The fraction of sp³-hybridized carbons (Fsp3) is 0.429. The Labute approximate surface area is 113 Å². The van der Waals surface area contributed by atoms with Crippen molar-refractivity contribution in [2.24, 2.45) is 0 Å². The second-order valence-corrected chi connectivity index (χ2v) is 4.76. The van der Waals surface area contributed by atoms with Gasteiger partial charge in [-0.15, -0.1) is 0 Å². The minimum Gasteiger partial charge on any atom is -0.481 e. The van der Waals surface area contributed by atoms with E-state index < -0.39 is 0 Å². The molecule has 2 aromatic rings. The minimum absolute atomic E-state index is 0.464. The molecule has 0 atom stereocenters. The van der Waals surface area contributed by atoms with Crippen molar-refractivity contribution in [2.45, 2.75) is 33.0 Å². The van der Waals surface area contributed by atoms with Crippen molar-refractivity contribution >= 4 is 0 Å². The summed E-state index contributed by atoms with van der Waals surface area (Å²) in [6, 6.07) is 4.36. The first kappa shape index (κ1) is 13.5. The van der Waals surface area contributed by atoms with Gasteiger partial charge < -0.3 is 14.6 Å². The fourth-order valence-corrected chi connectivity index (χ4v) is 1.77. The lowest BCUT2D eigenvalue weighted by Gasteiger charge is -2.11. The average molecular weight is 260 g/mol. The molecule has 19 heavy (non-hydrogen) atoms. The summed E-state index contributed by atoms with van der Waals surface area (Å²) in [6.07, 6.45) is 5.58. The maximum Gasteiger partial charge on any atom is 0.212 e. The minimum atomic E-state index is 0.464. The molecule has 5 heteroatoms. The SMILES string of the molecule is COc1ccc(Cn2cncc2CNC(C)C)cn1. The van der Waals surface area contributed by atoms with Crippen LogP contribution in [0.15, 0.2) is 30.9 Å². The second-order valence-electron chi connectivity index (χ2n) is 4.76. The van der Waals surface area contributed by atoms with E-state index in [2.05, 4.69) is 33.7 Å². The summed E-state index contributed by atoms with van der Waals surface area (Å²) in [7, 11) is 1.62. The van der Waals surface area contributed by atoms with Gasteiger partial charge in [0.05, 0.1) is 25.7 Å². The molecule has 0 aliphatic heterocycles. The predicted molar refractivity (Wildman–Crippen MR) is 74.1 cm³/mol. The summed E-state index contributed by atoms with van der Waals surface area (Å²) >= 11 is 0. The molecule has 0 bridgehead atoms. The second kappa shape index (κ2) is 6.33. The molecule has 0 spiro atoms. The van der Waals surface area contributed by atoms with Gasteiger partial charge >= 0.3 is 0 Å². The van der Waals surface area contributed by atoms with Crippen LogP contribution in [0.3, 0.4) is 0 Å². The highest BCUT2D eigenvalue weighted by molar-refractivity contribution is 5.18. The molecular formula is C14H20N4O. The first-order valence-electron chi connectivity index (χ1n) is 6.40. The van der Waals surface area contributed by atoms with E-state index in [1.807, 2.05) is 30.9 Å². The van der Waals surface area contributed by atoms with E-state index in [4.69, 9.17) is 4.74 Å². The standard InChI is InChI=1S/C14H20N4O/c1-11(2)16-8-13-7-15-10-18(13)9-12-4-5-14(19-3)17-6-12/h4-7,10-11,16H,8-9H2,1-3H3. The molecule has 5 nitrogen and oxygen atoms in total. The molecule has 0 amide bonds. The van der Waals surface area contributed by atoms with Gasteiger partial charge in [-0.2, -0.15) is 0 Å². The summed E-state index contributed by atoms with van der Waals surface area (Å²) in [5.41, 5.74) is 2.30. The summed E-state index contributed by atoms with van der Waals surface area (Å²) < 4.78 is 7.18. The van der Waals surface area contributed by atoms with Crippen LogP contribution < -0.4 is 10.1 Å². The van der Waals surface area contributed by atoms with Crippen LogP contribution in [0.5, 0.6) is 5.88 Å². The fourth-order valence-electron chi connectivity index (χ4n) is 1.77. The third kappa shape index (κ3) is 3.79. The van der Waals surface area contributed by atoms with E-state index in [0.29, 0.717) is 11.9 Å². The molecule has 0 aromatic carbocycles. The number of hydrogen-bond donors (Lipinski definition) is 1. The van der Waals surface area contributed by atoms with Crippen LogP contribution in [-0.4, -0.2) is 27.7 Å². The summed E-state index contributed by atoms with van der Waals surface area (Å²) in [5, 5.41) is 3.40. The smallest absolute Gasteiger partial charge is 0.212 e. The lowest BCUT2D eigenvalue weighted by molar-refractivity contribution is 0.397. The van der Waals surface area contributed by atoms with Crippen LogP contribution in [0.1, 0.15) is 25.1 Å². The van der Waals surface area contributed by atoms with Crippen molar-refractivity contribution in [3.63, 3.8) is 0 Å². The van der Waals surface area contributed by atoms with E-state index >= 15 is 0 Å². The molecule has 0 radical (unpaired) electrons. The van der Waals surface area contributed by atoms with Gasteiger partial charge in [-0.25, -0.2) is 9.97 Å². The zero-order chi connectivity index (χ0) is 13.7. The monoisotopic (exact) mass is 260 g/mol. The van der Waals surface area contributed by atoms with Crippen LogP contribution in [-0.2, 0) is 13.1 Å². The Hall–Kier alpha value is -1.88. The van der Waals surface area contributed by atoms with Crippen LogP contribution >= 0.6 is 0 Å². The first-order chi connectivity index (χ1) is 9.19. The quantitative estimate of drug-likeness (QED) is 0.861. The number of hydrogen-bond acceptors (Lipinski definition) is 4.